The first-order chi connectivity index (χ1) is 12.0. The van der Waals surface area contributed by atoms with Crippen molar-refractivity contribution in [2.24, 2.45) is 0 Å². The molecule has 0 unspecified atom stereocenters. The fourth-order valence-corrected chi connectivity index (χ4v) is 4.13. The Hall–Kier alpha value is -2.13. The first kappa shape index (κ1) is 17.7. The molecule has 0 radical (unpaired) electrons. The van der Waals surface area contributed by atoms with Crippen LogP contribution in [0.2, 0.25) is 0 Å². The normalized spacial score (nSPS) is 13.9. The van der Waals surface area contributed by atoms with Gasteiger partial charge in [-0.25, -0.2) is 13.1 Å². The van der Waals surface area contributed by atoms with Gasteiger partial charge in [0.05, 0.1) is 4.90 Å². The van der Waals surface area contributed by atoms with Crippen molar-refractivity contribution in [3.05, 3.63) is 76.5 Å². The second kappa shape index (κ2) is 7.40. The highest BCUT2D eigenvalue weighted by molar-refractivity contribution is 7.89. The lowest BCUT2D eigenvalue weighted by Gasteiger charge is -2.17. The molecule has 0 aliphatic heterocycles. The van der Waals surface area contributed by atoms with Crippen LogP contribution in [0.3, 0.4) is 0 Å². The fraction of sp³-hybridized carbons (Fsp3) is 0.286. The number of fused-ring (bicyclic) bond motifs is 1. The third-order valence-electron chi connectivity index (χ3n) is 4.44. The average molecular weight is 353 g/mol. The Balaban J connectivity index is 1.80. The largest absolute Gasteiger partial charge is 0.240 e. The van der Waals surface area contributed by atoms with Crippen LogP contribution < -0.4 is 4.72 Å². The minimum Gasteiger partial charge on any atom is -0.207 e. The van der Waals surface area contributed by atoms with E-state index < -0.39 is 10.0 Å². The van der Waals surface area contributed by atoms with Gasteiger partial charge in [-0.3, -0.25) is 0 Å². The van der Waals surface area contributed by atoms with Crippen molar-refractivity contribution in [2.45, 2.75) is 38.0 Å². The molecule has 1 aliphatic rings. The highest BCUT2D eigenvalue weighted by Gasteiger charge is 2.14. The number of rotatable bonds is 4. The molecular weight excluding hydrogens is 330 g/mol. The third kappa shape index (κ3) is 4.29. The van der Waals surface area contributed by atoms with Gasteiger partial charge in [-0.2, -0.15) is 0 Å². The van der Waals surface area contributed by atoms with Crippen LogP contribution in [0.5, 0.6) is 0 Å². The lowest BCUT2D eigenvalue weighted by atomic mass is 9.87. The summed E-state index contributed by atoms with van der Waals surface area (Å²) in [6, 6.07) is 15.3. The molecule has 1 aliphatic carbocycles. The quantitative estimate of drug-likeness (QED) is 0.836. The summed E-state index contributed by atoms with van der Waals surface area (Å²) in [5.74, 6) is 0. The van der Waals surface area contributed by atoms with Gasteiger partial charge in [-0.1, -0.05) is 42.0 Å². The van der Waals surface area contributed by atoms with E-state index in [1.54, 1.807) is 24.3 Å². The van der Waals surface area contributed by atoms with Gasteiger partial charge in [-0.05, 0) is 61.9 Å². The molecular formula is C21H23NO2S. The summed E-state index contributed by atoms with van der Waals surface area (Å²) in [6.45, 7) is 4.12. The van der Waals surface area contributed by atoms with Crippen LogP contribution in [0.15, 0.2) is 64.7 Å². The van der Waals surface area contributed by atoms with Crippen LogP contribution in [0.4, 0.5) is 0 Å². The number of benzene rings is 2. The van der Waals surface area contributed by atoms with E-state index in [2.05, 4.69) is 28.7 Å². The summed E-state index contributed by atoms with van der Waals surface area (Å²) in [6.07, 6.45) is 3.20. The summed E-state index contributed by atoms with van der Waals surface area (Å²) in [7, 11) is -3.49. The number of hydrogen-bond donors (Lipinski definition) is 1. The Bertz CT molecular complexity index is 934. The Labute approximate surface area is 150 Å². The molecule has 25 heavy (non-hydrogen) atoms. The SMILES string of the molecule is CC(=C=C1CCCc2ccccc21)CNS(=O)(=O)c1ccc(C)cc1. The van der Waals surface area contributed by atoms with Gasteiger partial charge in [0.15, 0.2) is 0 Å². The maximum absolute atomic E-state index is 12.4. The molecule has 1 N–H and O–H groups in total. The molecule has 2 aromatic carbocycles. The highest BCUT2D eigenvalue weighted by Crippen LogP contribution is 2.29. The Morgan fingerprint density at radius 1 is 1.08 bits per heavy atom. The van der Waals surface area contributed by atoms with Gasteiger partial charge in [-0.15, -0.1) is 5.73 Å². The molecule has 3 rings (SSSR count). The Morgan fingerprint density at radius 2 is 1.80 bits per heavy atom. The van der Waals surface area contributed by atoms with Gasteiger partial charge < -0.3 is 0 Å². The molecule has 0 saturated carbocycles. The van der Waals surface area contributed by atoms with E-state index in [1.165, 1.54) is 16.7 Å². The van der Waals surface area contributed by atoms with Crippen molar-refractivity contribution in [1.29, 1.82) is 0 Å². The number of nitrogens with one attached hydrogen (secondary N) is 1. The van der Waals surface area contributed by atoms with Crippen molar-refractivity contribution in [3.63, 3.8) is 0 Å². The zero-order chi connectivity index (χ0) is 17.9. The van der Waals surface area contributed by atoms with Crippen LogP contribution in [-0.4, -0.2) is 15.0 Å². The van der Waals surface area contributed by atoms with Crippen LogP contribution in [0.25, 0.3) is 5.57 Å². The van der Waals surface area contributed by atoms with E-state index in [9.17, 15) is 8.42 Å². The smallest absolute Gasteiger partial charge is 0.207 e. The molecule has 0 spiro atoms. The summed E-state index contributed by atoms with van der Waals surface area (Å²) >= 11 is 0. The van der Waals surface area contributed by atoms with Crippen molar-refractivity contribution in [3.8, 4) is 0 Å². The summed E-state index contributed by atoms with van der Waals surface area (Å²) in [5.41, 5.74) is 9.11. The molecule has 0 heterocycles. The van der Waals surface area contributed by atoms with E-state index in [0.717, 1.165) is 30.4 Å². The van der Waals surface area contributed by atoms with Gasteiger partial charge in [0.2, 0.25) is 10.0 Å². The van der Waals surface area contributed by atoms with Crippen LogP contribution >= 0.6 is 0 Å². The predicted octanol–water partition coefficient (Wildman–Crippen LogP) is 4.24. The van der Waals surface area contributed by atoms with Gasteiger partial charge in [0, 0.05) is 12.1 Å². The molecule has 4 heteroatoms. The molecule has 3 nitrogen and oxygen atoms in total. The topological polar surface area (TPSA) is 46.2 Å². The second-order valence-corrected chi connectivity index (χ2v) is 8.30. The Kier molecular flexibility index (Phi) is 5.24. The lowest BCUT2D eigenvalue weighted by Crippen LogP contribution is -2.25. The monoisotopic (exact) mass is 353 g/mol. The maximum atomic E-state index is 12.4. The van der Waals surface area contributed by atoms with Crippen molar-refractivity contribution < 1.29 is 8.42 Å². The van der Waals surface area contributed by atoms with E-state index >= 15 is 0 Å². The zero-order valence-corrected chi connectivity index (χ0v) is 15.5. The molecule has 0 aromatic heterocycles. The molecule has 0 bridgehead atoms. The highest BCUT2D eigenvalue weighted by atomic mass is 32.2. The molecule has 0 saturated heterocycles. The van der Waals surface area contributed by atoms with Crippen LogP contribution in [0.1, 0.15) is 36.5 Å². The lowest BCUT2D eigenvalue weighted by molar-refractivity contribution is 0.584. The van der Waals surface area contributed by atoms with Crippen molar-refractivity contribution in [1.82, 2.24) is 4.72 Å². The van der Waals surface area contributed by atoms with Gasteiger partial charge >= 0.3 is 0 Å². The predicted molar refractivity (Wildman–Crippen MR) is 102 cm³/mol. The minimum atomic E-state index is -3.49. The third-order valence-corrected chi connectivity index (χ3v) is 5.86. The van der Waals surface area contributed by atoms with Crippen molar-refractivity contribution >= 4 is 15.6 Å². The summed E-state index contributed by atoms with van der Waals surface area (Å²) in [4.78, 5) is 0.293. The molecule has 2 aromatic rings. The summed E-state index contributed by atoms with van der Waals surface area (Å²) < 4.78 is 27.4. The summed E-state index contributed by atoms with van der Waals surface area (Å²) in [5, 5.41) is 0. The van der Waals surface area contributed by atoms with Gasteiger partial charge in [0.25, 0.3) is 0 Å². The minimum absolute atomic E-state index is 0.266. The Morgan fingerprint density at radius 3 is 2.56 bits per heavy atom. The van der Waals surface area contributed by atoms with Crippen molar-refractivity contribution in [2.75, 3.05) is 6.54 Å². The van der Waals surface area contributed by atoms with Crippen LogP contribution in [0, 0.1) is 6.92 Å². The maximum Gasteiger partial charge on any atom is 0.240 e. The fourth-order valence-electron chi connectivity index (χ4n) is 3.06. The average Bonchev–Trinajstić information content (AvgIpc) is 2.61. The number of sulfonamides is 1. The van der Waals surface area contributed by atoms with E-state index in [0.29, 0.717) is 4.90 Å². The van der Waals surface area contributed by atoms with E-state index in [-0.39, 0.29) is 6.54 Å². The molecule has 0 amide bonds. The standard InChI is InChI=1S/C21H23NO2S/c1-16-10-12-20(13-11-16)25(23,24)22-15-17(2)14-19-8-5-7-18-6-3-4-9-21(18)19/h3-4,6,9-13,22H,5,7-8,15H2,1-2H3. The first-order valence-electron chi connectivity index (χ1n) is 8.55. The molecule has 130 valence electrons. The molecule has 0 fully saturated rings. The number of aryl methyl sites for hydroxylation is 2. The first-order valence-corrected chi connectivity index (χ1v) is 10.0. The number of hydrogen-bond acceptors (Lipinski definition) is 2. The van der Waals surface area contributed by atoms with Gasteiger partial charge in [0.1, 0.15) is 0 Å². The second-order valence-electron chi connectivity index (χ2n) is 6.53. The van der Waals surface area contributed by atoms with E-state index in [1.807, 2.05) is 19.9 Å². The zero-order valence-electron chi connectivity index (χ0n) is 14.7. The van der Waals surface area contributed by atoms with Crippen LogP contribution in [-0.2, 0) is 16.4 Å². The van der Waals surface area contributed by atoms with E-state index in [4.69, 9.17) is 0 Å². The molecule has 0 atom stereocenters.